The SMILES string of the molecule is CC(C)(C)OC(=O)NCC1(O)CCC2(CC1)CC2. The van der Waals surface area contributed by atoms with E-state index in [0.717, 1.165) is 25.7 Å². The van der Waals surface area contributed by atoms with Crippen LogP contribution in [0.2, 0.25) is 0 Å². The Labute approximate surface area is 109 Å². The summed E-state index contributed by atoms with van der Waals surface area (Å²) in [5.41, 5.74) is -0.666. The molecule has 0 unspecified atom stereocenters. The van der Waals surface area contributed by atoms with Crippen LogP contribution in [-0.4, -0.2) is 28.9 Å². The molecule has 1 amide bonds. The van der Waals surface area contributed by atoms with E-state index in [4.69, 9.17) is 4.74 Å². The first-order valence-corrected chi connectivity index (χ1v) is 6.91. The number of ether oxygens (including phenoxy) is 1. The maximum atomic E-state index is 11.5. The van der Waals surface area contributed by atoms with E-state index in [1.165, 1.54) is 12.8 Å². The molecule has 4 nitrogen and oxygen atoms in total. The Morgan fingerprint density at radius 3 is 2.11 bits per heavy atom. The molecular formula is C14H25NO3. The molecule has 2 rings (SSSR count). The highest BCUT2D eigenvalue weighted by Crippen LogP contribution is 2.57. The number of amides is 1. The molecule has 104 valence electrons. The van der Waals surface area contributed by atoms with Crippen molar-refractivity contribution in [1.82, 2.24) is 5.32 Å². The highest BCUT2D eigenvalue weighted by Gasteiger charge is 2.48. The van der Waals surface area contributed by atoms with E-state index in [9.17, 15) is 9.90 Å². The first-order chi connectivity index (χ1) is 8.22. The summed E-state index contributed by atoms with van der Waals surface area (Å²) in [6.07, 6.45) is 5.98. The largest absolute Gasteiger partial charge is 0.444 e. The zero-order valence-electron chi connectivity index (χ0n) is 11.7. The molecule has 0 bridgehead atoms. The standard InChI is InChI=1S/C14H25NO3/c1-12(2,3)18-11(16)15-10-14(17)8-6-13(4-5-13)7-9-14/h17H,4-10H2,1-3H3,(H,15,16). The average Bonchev–Trinajstić information content (AvgIpc) is 2.99. The Balaban J connectivity index is 1.74. The number of rotatable bonds is 2. The van der Waals surface area contributed by atoms with Gasteiger partial charge in [-0.2, -0.15) is 0 Å². The van der Waals surface area contributed by atoms with Crippen LogP contribution in [-0.2, 0) is 4.74 Å². The second-order valence-corrected chi connectivity index (χ2v) is 7.08. The van der Waals surface area contributed by atoms with Crippen LogP contribution in [0.5, 0.6) is 0 Å². The van der Waals surface area contributed by atoms with E-state index in [-0.39, 0.29) is 0 Å². The van der Waals surface area contributed by atoms with E-state index in [2.05, 4.69) is 5.32 Å². The fraction of sp³-hybridized carbons (Fsp3) is 0.929. The molecule has 0 radical (unpaired) electrons. The molecule has 18 heavy (non-hydrogen) atoms. The topological polar surface area (TPSA) is 58.6 Å². The third kappa shape index (κ3) is 3.61. The van der Waals surface area contributed by atoms with Crippen LogP contribution < -0.4 is 5.32 Å². The second kappa shape index (κ2) is 4.41. The molecule has 0 aromatic rings. The summed E-state index contributed by atoms with van der Waals surface area (Å²) in [4.78, 5) is 11.5. The Hall–Kier alpha value is -0.770. The van der Waals surface area contributed by atoms with Gasteiger partial charge in [0, 0.05) is 6.54 Å². The number of carbonyl (C=O) groups excluding carboxylic acids is 1. The van der Waals surface area contributed by atoms with Gasteiger partial charge in [0.1, 0.15) is 5.60 Å². The molecule has 0 heterocycles. The first kappa shape index (κ1) is 13.7. The highest BCUT2D eigenvalue weighted by atomic mass is 16.6. The van der Waals surface area contributed by atoms with Crippen LogP contribution in [0.3, 0.4) is 0 Å². The average molecular weight is 255 g/mol. The Morgan fingerprint density at radius 1 is 1.17 bits per heavy atom. The predicted molar refractivity (Wildman–Crippen MR) is 69.3 cm³/mol. The third-order valence-corrected chi connectivity index (χ3v) is 4.16. The molecule has 2 fully saturated rings. The molecule has 0 saturated heterocycles. The molecule has 0 aromatic heterocycles. The summed E-state index contributed by atoms with van der Waals surface area (Å²) in [7, 11) is 0. The highest BCUT2D eigenvalue weighted by molar-refractivity contribution is 5.67. The lowest BCUT2D eigenvalue weighted by atomic mass is 9.77. The van der Waals surface area contributed by atoms with E-state index >= 15 is 0 Å². The maximum absolute atomic E-state index is 11.5. The Kier molecular flexibility index (Phi) is 3.34. The van der Waals surface area contributed by atoms with Crippen molar-refractivity contribution in [3.05, 3.63) is 0 Å². The van der Waals surface area contributed by atoms with Crippen molar-refractivity contribution < 1.29 is 14.6 Å². The minimum atomic E-state index is -0.731. The minimum absolute atomic E-state index is 0.304. The van der Waals surface area contributed by atoms with Gasteiger partial charge in [0.2, 0.25) is 0 Å². The zero-order valence-corrected chi connectivity index (χ0v) is 11.7. The summed E-state index contributed by atoms with van der Waals surface area (Å²) in [6.45, 7) is 5.80. The van der Waals surface area contributed by atoms with Crippen molar-refractivity contribution in [1.29, 1.82) is 0 Å². The lowest BCUT2D eigenvalue weighted by molar-refractivity contribution is -0.0162. The molecule has 1 spiro atoms. The Bertz CT molecular complexity index is 318. The number of aliphatic hydroxyl groups is 1. The van der Waals surface area contributed by atoms with Crippen molar-refractivity contribution in [3.63, 3.8) is 0 Å². The van der Waals surface area contributed by atoms with E-state index in [0.29, 0.717) is 12.0 Å². The van der Waals surface area contributed by atoms with Gasteiger partial charge in [0.05, 0.1) is 5.60 Å². The van der Waals surface area contributed by atoms with Crippen molar-refractivity contribution in [3.8, 4) is 0 Å². The molecule has 2 aliphatic rings. The van der Waals surface area contributed by atoms with Gasteiger partial charge in [0.15, 0.2) is 0 Å². The summed E-state index contributed by atoms with van der Waals surface area (Å²) < 4.78 is 5.17. The van der Waals surface area contributed by atoms with Crippen molar-refractivity contribution >= 4 is 6.09 Å². The molecule has 4 heteroatoms. The quantitative estimate of drug-likeness (QED) is 0.797. The molecule has 0 aliphatic heterocycles. The second-order valence-electron chi connectivity index (χ2n) is 7.08. The monoisotopic (exact) mass is 255 g/mol. The molecule has 0 atom stereocenters. The van der Waals surface area contributed by atoms with Crippen LogP contribution in [0.1, 0.15) is 59.3 Å². The van der Waals surface area contributed by atoms with Gasteiger partial charge in [-0.25, -0.2) is 4.79 Å². The van der Waals surface area contributed by atoms with Crippen molar-refractivity contribution in [2.45, 2.75) is 70.5 Å². The predicted octanol–water partition coefficient (Wildman–Crippen LogP) is 2.60. The van der Waals surface area contributed by atoms with E-state index in [1.807, 2.05) is 20.8 Å². The zero-order chi connectivity index (χ0) is 13.4. The summed E-state index contributed by atoms with van der Waals surface area (Å²) >= 11 is 0. The first-order valence-electron chi connectivity index (χ1n) is 6.91. The van der Waals surface area contributed by atoms with Gasteiger partial charge in [0.25, 0.3) is 0 Å². The van der Waals surface area contributed by atoms with Crippen molar-refractivity contribution in [2.75, 3.05) is 6.54 Å². The van der Waals surface area contributed by atoms with Gasteiger partial charge in [-0.05, 0) is 64.7 Å². The number of hydrogen-bond acceptors (Lipinski definition) is 3. The maximum Gasteiger partial charge on any atom is 0.407 e. The molecule has 2 N–H and O–H groups in total. The molecular weight excluding hydrogens is 230 g/mol. The lowest BCUT2D eigenvalue weighted by Crippen LogP contribution is -2.46. The summed E-state index contributed by atoms with van der Waals surface area (Å²) in [5.74, 6) is 0. The fourth-order valence-electron chi connectivity index (χ4n) is 2.65. The summed E-state index contributed by atoms with van der Waals surface area (Å²) in [6, 6.07) is 0. The summed E-state index contributed by atoms with van der Waals surface area (Å²) in [5, 5.41) is 13.1. The van der Waals surface area contributed by atoms with E-state index < -0.39 is 17.3 Å². The lowest BCUT2D eigenvalue weighted by Gasteiger charge is -2.36. The number of hydrogen-bond donors (Lipinski definition) is 2. The van der Waals surface area contributed by atoms with Crippen LogP contribution in [0.4, 0.5) is 4.79 Å². The molecule has 0 aromatic carbocycles. The van der Waals surface area contributed by atoms with Gasteiger partial charge < -0.3 is 15.2 Å². The van der Waals surface area contributed by atoms with Crippen LogP contribution in [0, 0.1) is 5.41 Å². The minimum Gasteiger partial charge on any atom is -0.444 e. The fourth-order valence-corrected chi connectivity index (χ4v) is 2.65. The van der Waals surface area contributed by atoms with Crippen LogP contribution in [0.15, 0.2) is 0 Å². The van der Waals surface area contributed by atoms with Crippen LogP contribution >= 0.6 is 0 Å². The van der Waals surface area contributed by atoms with E-state index in [1.54, 1.807) is 0 Å². The number of alkyl carbamates (subject to hydrolysis) is 1. The van der Waals surface area contributed by atoms with Crippen molar-refractivity contribution in [2.24, 2.45) is 5.41 Å². The third-order valence-electron chi connectivity index (χ3n) is 4.16. The molecule has 2 aliphatic carbocycles. The molecule has 2 saturated carbocycles. The van der Waals surface area contributed by atoms with Gasteiger partial charge in [-0.1, -0.05) is 0 Å². The van der Waals surface area contributed by atoms with Gasteiger partial charge >= 0.3 is 6.09 Å². The van der Waals surface area contributed by atoms with Gasteiger partial charge in [-0.15, -0.1) is 0 Å². The van der Waals surface area contributed by atoms with Gasteiger partial charge in [-0.3, -0.25) is 0 Å². The number of carbonyl (C=O) groups is 1. The smallest absolute Gasteiger partial charge is 0.407 e. The van der Waals surface area contributed by atoms with Crippen LogP contribution in [0.25, 0.3) is 0 Å². The normalized spacial score (nSPS) is 24.7. The Morgan fingerprint density at radius 2 is 1.67 bits per heavy atom. The number of nitrogens with one attached hydrogen (secondary N) is 1.